The van der Waals surface area contributed by atoms with Crippen molar-refractivity contribution in [2.75, 3.05) is 37.0 Å². The van der Waals surface area contributed by atoms with Crippen molar-refractivity contribution < 1.29 is 18.7 Å². The number of aromatic nitrogens is 3. The SMILES string of the molecule is COc1ccc(NC(=O)C2CC2)cc1[C@H]1CN(c2nc(-c3ccncc3F)cc(=O)n2C)CCO1. The van der Waals surface area contributed by atoms with Gasteiger partial charge in [-0.05, 0) is 37.1 Å². The minimum Gasteiger partial charge on any atom is -0.496 e. The number of nitrogens with one attached hydrogen (secondary N) is 1. The van der Waals surface area contributed by atoms with E-state index in [4.69, 9.17) is 9.47 Å². The van der Waals surface area contributed by atoms with Crippen molar-refractivity contribution in [3.8, 4) is 17.0 Å². The minimum absolute atomic E-state index is 0.0201. The molecule has 0 radical (unpaired) electrons. The maximum atomic E-state index is 14.3. The van der Waals surface area contributed by atoms with Gasteiger partial charge in [-0.2, -0.15) is 0 Å². The monoisotopic (exact) mass is 479 g/mol. The molecule has 2 fully saturated rings. The summed E-state index contributed by atoms with van der Waals surface area (Å²) >= 11 is 0. The molecule has 2 aromatic heterocycles. The quantitative estimate of drug-likeness (QED) is 0.581. The summed E-state index contributed by atoms with van der Waals surface area (Å²) in [5.74, 6) is 0.609. The number of halogens is 1. The van der Waals surface area contributed by atoms with Gasteiger partial charge < -0.3 is 19.7 Å². The van der Waals surface area contributed by atoms with Crippen molar-refractivity contribution in [1.82, 2.24) is 14.5 Å². The largest absolute Gasteiger partial charge is 0.496 e. The van der Waals surface area contributed by atoms with Crippen LogP contribution in [0.25, 0.3) is 11.3 Å². The molecular weight excluding hydrogens is 453 g/mol. The zero-order chi connectivity index (χ0) is 24.5. The zero-order valence-electron chi connectivity index (χ0n) is 19.5. The van der Waals surface area contributed by atoms with Gasteiger partial charge in [0.15, 0.2) is 5.82 Å². The third-order valence-electron chi connectivity index (χ3n) is 6.30. The second kappa shape index (κ2) is 9.46. The molecule has 1 amide bonds. The van der Waals surface area contributed by atoms with E-state index in [0.29, 0.717) is 37.1 Å². The van der Waals surface area contributed by atoms with Gasteiger partial charge in [0.2, 0.25) is 11.9 Å². The lowest BCUT2D eigenvalue weighted by molar-refractivity contribution is -0.117. The highest BCUT2D eigenvalue weighted by Gasteiger charge is 2.31. The van der Waals surface area contributed by atoms with Gasteiger partial charge in [-0.25, -0.2) is 9.37 Å². The van der Waals surface area contributed by atoms with E-state index in [1.807, 2.05) is 11.0 Å². The summed E-state index contributed by atoms with van der Waals surface area (Å²) in [4.78, 5) is 35.3. The van der Waals surface area contributed by atoms with Crippen LogP contribution in [0.15, 0.2) is 47.5 Å². The number of morpholine rings is 1. The second-order valence-electron chi connectivity index (χ2n) is 8.72. The number of amides is 1. The molecule has 3 heterocycles. The first-order valence-electron chi connectivity index (χ1n) is 11.5. The zero-order valence-corrected chi connectivity index (χ0v) is 19.5. The lowest BCUT2D eigenvalue weighted by Crippen LogP contribution is -2.41. The van der Waals surface area contributed by atoms with Crippen LogP contribution in [0, 0.1) is 11.7 Å². The van der Waals surface area contributed by atoms with Crippen LogP contribution in [0.5, 0.6) is 5.75 Å². The summed E-state index contributed by atoms with van der Waals surface area (Å²) in [7, 11) is 3.22. The molecule has 1 saturated carbocycles. The Labute approximate surface area is 201 Å². The summed E-state index contributed by atoms with van der Waals surface area (Å²) in [5, 5.41) is 2.96. The Morgan fingerprint density at radius 2 is 2.09 bits per heavy atom. The second-order valence-corrected chi connectivity index (χ2v) is 8.72. The van der Waals surface area contributed by atoms with E-state index in [1.54, 1.807) is 26.3 Å². The molecule has 2 aliphatic rings. The Bertz CT molecular complexity index is 1320. The number of ether oxygens (including phenoxy) is 2. The van der Waals surface area contributed by atoms with Gasteiger partial charge in [-0.3, -0.25) is 19.1 Å². The third kappa shape index (κ3) is 4.74. The van der Waals surface area contributed by atoms with Crippen molar-refractivity contribution in [3.05, 3.63) is 64.5 Å². The van der Waals surface area contributed by atoms with Crippen LogP contribution < -0.4 is 20.5 Å². The summed E-state index contributed by atoms with van der Waals surface area (Å²) in [6.07, 6.45) is 4.01. The van der Waals surface area contributed by atoms with Gasteiger partial charge in [0.05, 0.1) is 32.2 Å². The minimum atomic E-state index is -0.547. The number of carbonyl (C=O) groups excluding carboxylic acids is 1. The molecule has 3 aromatic rings. The lowest BCUT2D eigenvalue weighted by atomic mass is 10.1. The molecule has 1 saturated heterocycles. The molecule has 1 aromatic carbocycles. The van der Waals surface area contributed by atoms with Crippen molar-refractivity contribution >= 4 is 17.5 Å². The van der Waals surface area contributed by atoms with Gasteiger partial charge in [-0.15, -0.1) is 0 Å². The smallest absolute Gasteiger partial charge is 0.255 e. The van der Waals surface area contributed by atoms with Crippen molar-refractivity contribution in [2.45, 2.75) is 18.9 Å². The first-order chi connectivity index (χ1) is 16.9. The average Bonchev–Trinajstić information content (AvgIpc) is 3.72. The maximum Gasteiger partial charge on any atom is 0.255 e. The van der Waals surface area contributed by atoms with E-state index in [9.17, 15) is 14.0 Å². The van der Waals surface area contributed by atoms with E-state index in [-0.39, 0.29) is 28.6 Å². The number of hydrogen-bond donors (Lipinski definition) is 1. The molecule has 0 spiro atoms. The van der Waals surface area contributed by atoms with Crippen molar-refractivity contribution in [1.29, 1.82) is 0 Å². The Morgan fingerprint density at radius 1 is 1.26 bits per heavy atom. The fraction of sp³-hybridized carbons (Fsp3) is 0.360. The molecule has 1 aliphatic heterocycles. The molecule has 1 atom stereocenters. The number of benzene rings is 1. The molecule has 1 N–H and O–H groups in total. The number of anilines is 2. The van der Waals surface area contributed by atoms with Crippen LogP contribution in [0.4, 0.5) is 16.0 Å². The molecule has 35 heavy (non-hydrogen) atoms. The highest BCUT2D eigenvalue weighted by atomic mass is 19.1. The van der Waals surface area contributed by atoms with Gasteiger partial charge in [-0.1, -0.05) is 0 Å². The van der Waals surface area contributed by atoms with Gasteiger partial charge in [0, 0.05) is 48.6 Å². The predicted molar refractivity (Wildman–Crippen MR) is 128 cm³/mol. The first-order valence-corrected chi connectivity index (χ1v) is 11.5. The molecule has 9 nitrogen and oxygen atoms in total. The maximum absolute atomic E-state index is 14.3. The van der Waals surface area contributed by atoms with E-state index in [1.165, 1.54) is 22.9 Å². The summed E-state index contributed by atoms with van der Waals surface area (Å²) in [5.41, 5.74) is 1.62. The Hall–Kier alpha value is -3.79. The fourth-order valence-corrected chi connectivity index (χ4v) is 4.20. The van der Waals surface area contributed by atoms with Gasteiger partial charge in [0.25, 0.3) is 5.56 Å². The van der Waals surface area contributed by atoms with Crippen LogP contribution in [0.3, 0.4) is 0 Å². The van der Waals surface area contributed by atoms with Crippen LogP contribution in [0.1, 0.15) is 24.5 Å². The third-order valence-corrected chi connectivity index (χ3v) is 6.30. The number of hydrogen-bond acceptors (Lipinski definition) is 7. The Kier molecular flexibility index (Phi) is 6.21. The number of pyridine rings is 1. The van der Waals surface area contributed by atoms with Crippen LogP contribution in [-0.4, -0.2) is 47.2 Å². The summed E-state index contributed by atoms with van der Waals surface area (Å²) < 4.78 is 27.4. The topological polar surface area (TPSA) is 98.6 Å². The molecular formula is C25H26FN5O4. The highest BCUT2D eigenvalue weighted by Crippen LogP contribution is 2.35. The lowest BCUT2D eigenvalue weighted by Gasteiger charge is -2.35. The van der Waals surface area contributed by atoms with E-state index >= 15 is 0 Å². The number of nitrogens with zero attached hydrogens (tertiary/aromatic N) is 4. The average molecular weight is 480 g/mol. The van der Waals surface area contributed by atoms with Gasteiger partial charge >= 0.3 is 0 Å². The van der Waals surface area contributed by atoms with Crippen LogP contribution in [0.2, 0.25) is 0 Å². The number of rotatable bonds is 6. The number of carbonyl (C=O) groups is 1. The molecule has 0 bridgehead atoms. The van der Waals surface area contributed by atoms with E-state index in [0.717, 1.165) is 24.6 Å². The molecule has 0 unspecified atom stereocenters. The van der Waals surface area contributed by atoms with E-state index in [2.05, 4.69) is 15.3 Å². The predicted octanol–water partition coefficient (Wildman–Crippen LogP) is 2.92. The first kappa shape index (κ1) is 23.0. The van der Waals surface area contributed by atoms with Crippen LogP contribution >= 0.6 is 0 Å². The normalized spacial score (nSPS) is 17.8. The number of methoxy groups -OCH3 is 1. The molecule has 10 heteroatoms. The molecule has 5 rings (SSSR count). The van der Waals surface area contributed by atoms with Crippen molar-refractivity contribution in [2.24, 2.45) is 13.0 Å². The van der Waals surface area contributed by atoms with Crippen LogP contribution in [-0.2, 0) is 16.6 Å². The van der Waals surface area contributed by atoms with Gasteiger partial charge in [0.1, 0.15) is 11.9 Å². The van der Waals surface area contributed by atoms with E-state index < -0.39 is 11.9 Å². The fourth-order valence-electron chi connectivity index (χ4n) is 4.20. The Balaban J connectivity index is 1.45. The molecule has 1 aliphatic carbocycles. The van der Waals surface area contributed by atoms with Crippen molar-refractivity contribution in [3.63, 3.8) is 0 Å². The summed E-state index contributed by atoms with van der Waals surface area (Å²) in [6, 6.07) is 8.29. The molecule has 182 valence electrons. The standard InChI is InChI=1S/C25H26FN5O4/c1-30-23(32)12-20(17-7-8-27-13-19(17)26)29-25(30)31-9-10-35-22(14-31)18-11-16(5-6-21(18)34-2)28-24(33)15-3-4-15/h5-8,11-13,15,22H,3-4,9-10,14H2,1-2H3,(H,28,33)/t22-/m1/s1. The Morgan fingerprint density at radius 3 is 2.83 bits per heavy atom. The highest BCUT2D eigenvalue weighted by molar-refractivity contribution is 5.94. The summed E-state index contributed by atoms with van der Waals surface area (Å²) in [6.45, 7) is 1.27.